The van der Waals surface area contributed by atoms with Gasteiger partial charge in [-0.3, -0.25) is 4.79 Å². The molecule has 24 heavy (non-hydrogen) atoms. The highest BCUT2D eigenvalue weighted by Gasteiger charge is 2.26. The number of benzene rings is 1. The molecule has 1 aromatic carbocycles. The number of carbonyl (C=O) groups is 1. The van der Waals surface area contributed by atoms with E-state index in [4.69, 9.17) is 11.6 Å². The summed E-state index contributed by atoms with van der Waals surface area (Å²) in [5, 5.41) is 3.57. The first kappa shape index (κ1) is 16.2. The normalized spacial score (nSPS) is 19.2. The molecule has 2 nitrogen and oxygen atoms in total. The van der Waals surface area contributed by atoms with Crippen LogP contribution in [0.5, 0.6) is 0 Å². The largest absolute Gasteiger partial charge is 0.321 e. The molecule has 2 aliphatic rings. The van der Waals surface area contributed by atoms with Crippen molar-refractivity contribution in [3.8, 4) is 0 Å². The van der Waals surface area contributed by atoms with Crippen molar-refractivity contribution in [3.63, 3.8) is 0 Å². The van der Waals surface area contributed by atoms with E-state index in [9.17, 15) is 4.79 Å². The second-order valence-corrected chi connectivity index (χ2v) is 9.05. The number of anilines is 1. The molecule has 1 amide bonds. The molecule has 2 heterocycles. The Kier molecular flexibility index (Phi) is 4.46. The highest BCUT2D eigenvalue weighted by atomic mass is 35.5. The molecule has 1 aromatic heterocycles. The second-order valence-electron chi connectivity index (χ2n) is 6.46. The van der Waals surface area contributed by atoms with Crippen LogP contribution in [0.25, 0.3) is 6.08 Å². The van der Waals surface area contributed by atoms with Gasteiger partial charge in [-0.05, 0) is 60.6 Å². The quantitative estimate of drug-likeness (QED) is 0.723. The smallest absolute Gasteiger partial charge is 0.262 e. The van der Waals surface area contributed by atoms with Crippen LogP contribution in [0.4, 0.5) is 5.69 Å². The van der Waals surface area contributed by atoms with E-state index in [1.807, 2.05) is 23.5 Å². The summed E-state index contributed by atoms with van der Waals surface area (Å²) in [7, 11) is 0. The van der Waals surface area contributed by atoms with Crippen molar-refractivity contribution in [2.75, 3.05) is 5.32 Å². The van der Waals surface area contributed by atoms with E-state index < -0.39 is 0 Å². The summed E-state index contributed by atoms with van der Waals surface area (Å²) < 4.78 is 0. The molecule has 5 heteroatoms. The average molecular weight is 376 g/mol. The highest BCUT2D eigenvalue weighted by molar-refractivity contribution is 8.03. The van der Waals surface area contributed by atoms with Crippen molar-refractivity contribution in [3.05, 3.63) is 55.1 Å². The van der Waals surface area contributed by atoms with Crippen molar-refractivity contribution in [2.45, 2.75) is 31.9 Å². The van der Waals surface area contributed by atoms with Gasteiger partial charge in [0.25, 0.3) is 5.91 Å². The van der Waals surface area contributed by atoms with Gasteiger partial charge >= 0.3 is 0 Å². The zero-order valence-corrected chi connectivity index (χ0v) is 15.8. The number of thioether (sulfide) groups is 1. The Hall–Kier alpha value is -1.23. The van der Waals surface area contributed by atoms with Crippen LogP contribution < -0.4 is 5.32 Å². The van der Waals surface area contributed by atoms with Gasteiger partial charge in [0.05, 0.1) is 4.91 Å². The zero-order chi connectivity index (χ0) is 16.7. The van der Waals surface area contributed by atoms with E-state index in [2.05, 4.69) is 18.3 Å². The molecular weight excluding hydrogens is 358 g/mol. The van der Waals surface area contributed by atoms with Crippen LogP contribution >= 0.6 is 34.7 Å². The number of carbonyl (C=O) groups excluding carboxylic acids is 1. The number of hydrogen-bond donors (Lipinski definition) is 1. The van der Waals surface area contributed by atoms with Crippen LogP contribution in [-0.2, 0) is 23.4 Å². The number of rotatable bonds is 2. The number of thiophene rings is 1. The third kappa shape index (κ3) is 3.15. The van der Waals surface area contributed by atoms with Gasteiger partial charge in [0, 0.05) is 26.2 Å². The predicted molar refractivity (Wildman–Crippen MR) is 105 cm³/mol. The summed E-state index contributed by atoms with van der Waals surface area (Å²) in [6.45, 7) is 2.33. The number of fused-ring (bicyclic) bond motifs is 3. The van der Waals surface area contributed by atoms with Gasteiger partial charge in [-0.15, -0.1) is 23.1 Å². The van der Waals surface area contributed by atoms with Gasteiger partial charge in [-0.1, -0.05) is 24.6 Å². The average Bonchev–Trinajstić information content (AvgIpc) is 2.91. The molecule has 0 saturated heterocycles. The summed E-state index contributed by atoms with van der Waals surface area (Å²) >= 11 is 9.50. The van der Waals surface area contributed by atoms with E-state index in [0.717, 1.165) is 22.3 Å². The fraction of sp³-hybridized carbons (Fsp3) is 0.316. The van der Waals surface area contributed by atoms with Crippen molar-refractivity contribution in [1.82, 2.24) is 0 Å². The Morgan fingerprint density at radius 3 is 3.04 bits per heavy atom. The standard InChI is InChI=1S/C19H18ClNOS2/c1-11-5-6-14-15-10-23-18(9-17(15)24-16(14)7-11)19(22)21-13-4-2-3-12(20)8-13/h2-4,8-9,11H,5-7,10H2,1H3,(H,21,22)/t11-/m0/s1. The van der Waals surface area contributed by atoms with Gasteiger partial charge in [0.1, 0.15) is 0 Å². The molecular formula is C19H18ClNOS2. The van der Waals surface area contributed by atoms with Crippen molar-refractivity contribution < 1.29 is 4.79 Å². The molecule has 0 unspecified atom stereocenters. The van der Waals surface area contributed by atoms with Crippen molar-refractivity contribution >= 4 is 52.4 Å². The molecule has 2 aromatic rings. The molecule has 0 fully saturated rings. The number of nitrogens with one attached hydrogen (secondary N) is 1. The van der Waals surface area contributed by atoms with Crippen LogP contribution in [0, 0.1) is 5.92 Å². The van der Waals surface area contributed by atoms with Crippen LogP contribution in [-0.4, -0.2) is 5.91 Å². The van der Waals surface area contributed by atoms with Crippen molar-refractivity contribution in [1.29, 1.82) is 0 Å². The van der Waals surface area contributed by atoms with Gasteiger partial charge in [-0.2, -0.15) is 0 Å². The third-order valence-electron chi connectivity index (χ3n) is 4.59. The first-order chi connectivity index (χ1) is 11.6. The molecule has 4 rings (SSSR count). The lowest BCUT2D eigenvalue weighted by Gasteiger charge is -2.19. The molecule has 1 aliphatic heterocycles. The number of halogens is 1. The SMILES string of the molecule is C[C@H]1CCc2c(sc3c2CSC(C(=O)Nc2cccc(Cl)c2)=C3)C1. The Bertz CT molecular complexity index is 840. The Morgan fingerprint density at radius 2 is 2.21 bits per heavy atom. The van der Waals surface area contributed by atoms with E-state index in [1.54, 1.807) is 29.5 Å². The van der Waals surface area contributed by atoms with Crippen LogP contribution in [0.15, 0.2) is 29.2 Å². The second kappa shape index (κ2) is 6.58. The Labute approximate surface area is 155 Å². The third-order valence-corrected chi connectivity index (χ3v) is 7.12. The lowest BCUT2D eigenvalue weighted by molar-refractivity contribution is -0.112. The van der Waals surface area contributed by atoms with E-state index >= 15 is 0 Å². The summed E-state index contributed by atoms with van der Waals surface area (Å²) in [5.41, 5.74) is 3.76. The van der Waals surface area contributed by atoms with E-state index in [1.165, 1.54) is 34.6 Å². The lowest BCUT2D eigenvalue weighted by Crippen LogP contribution is -2.14. The van der Waals surface area contributed by atoms with E-state index in [-0.39, 0.29) is 5.91 Å². The summed E-state index contributed by atoms with van der Waals surface area (Å²) in [6.07, 6.45) is 5.74. The molecule has 0 saturated carbocycles. The monoisotopic (exact) mass is 375 g/mol. The topological polar surface area (TPSA) is 29.1 Å². The predicted octanol–water partition coefficient (Wildman–Crippen LogP) is 5.75. The Balaban J connectivity index is 1.57. The molecule has 124 valence electrons. The van der Waals surface area contributed by atoms with Crippen LogP contribution in [0.2, 0.25) is 5.02 Å². The molecule has 1 N–H and O–H groups in total. The molecule has 1 aliphatic carbocycles. The van der Waals surface area contributed by atoms with Gasteiger partial charge in [0.2, 0.25) is 0 Å². The van der Waals surface area contributed by atoms with Gasteiger partial charge < -0.3 is 5.32 Å². The van der Waals surface area contributed by atoms with Gasteiger partial charge in [0.15, 0.2) is 0 Å². The number of amides is 1. The maximum atomic E-state index is 12.5. The zero-order valence-electron chi connectivity index (χ0n) is 13.4. The molecule has 0 bridgehead atoms. The summed E-state index contributed by atoms with van der Waals surface area (Å²) in [5.74, 6) is 1.64. The maximum absolute atomic E-state index is 12.5. The van der Waals surface area contributed by atoms with Gasteiger partial charge in [-0.25, -0.2) is 0 Å². The summed E-state index contributed by atoms with van der Waals surface area (Å²) in [4.78, 5) is 16.1. The first-order valence-electron chi connectivity index (χ1n) is 8.15. The molecule has 1 atom stereocenters. The van der Waals surface area contributed by atoms with Crippen LogP contribution in [0.1, 0.15) is 34.2 Å². The lowest BCUT2D eigenvalue weighted by atomic mass is 9.88. The molecule has 0 radical (unpaired) electrons. The first-order valence-corrected chi connectivity index (χ1v) is 10.3. The van der Waals surface area contributed by atoms with Crippen molar-refractivity contribution in [2.24, 2.45) is 5.92 Å². The fourth-order valence-electron chi connectivity index (χ4n) is 3.31. The minimum atomic E-state index is -0.0485. The highest BCUT2D eigenvalue weighted by Crippen LogP contribution is 2.43. The molecule has 0 spiro atoms. The van der Waals surface area contributed by atoms with Crippen LogP contribution in [0.3, 0.4) is 0 Å². The fourth-order valence-corrected chi connectivity index (χ4v) is 6.16. The Morgan fingerprint density at radius 1 is 1.33 bits per heavy atom. The maximum Gasteiger partial charge on any atom is 0.262 e. The summed E-state index contributed by atoms with van der Waals surface area (Å²) in [6, 6.07) is 7.26. The van der Waals surface area contributed by atoms with E-state index in [0.29, 0.717) is 5.02 Å². The minimum Gasteiger partial charge on any atom is -0.321 e. The number of hydrogen-bond acceptors (Lipinski definition) is 3. The minimum absolute atomic E-state index is 0.0485.